The molecule has 0 spiro atoms. The van der Waals surface area contributed by atoms with Crippen molar-refractivity contribution in [3.8, 4) is 5.69 Å². The molecule has 3 rings (SSSR count). The van der Waals surface area contributed by atoms with Crippen molar-refractivity contribution in [3.63, 3.8) is 0 Å². The molecule has 0 aliphatic heterocycles. The fourth-order valence-electron chi connectivity index (χ4n) is 2.21. The van der Waals surface area contributed by atoms with E-state index >= 15 is 0 Å². The average Bonchev–Trinajstić information content (AvgIpc) is 3.20. The Morgan fingerprint density at radius 1 is 1.35 bits per heavy atom. The summed E-state index contributed by atoms with van der Waals surface area (Å²) < 4.78 is 29.2. The van der Waals surface area contributed by atoms with Gasteiger partial charge < -0.3 is 0 Å². The third-order valence-corrected chi connectivity index (χ3v) is 5.54. The summed E-state index contributed by atoms with van der Waals surface area (Å²) in [5.41, 5.74) is 1.70. The molecule has 0 radical (unpaired) electrons. The van der Waals surface area contributed by atoms with Crippen molar-refractivity contribution in [2.45, 2.75) is 24.3 Å². The van der Waals surface area contributed by atoms with Gasteiger partial charge in [-0.25, -0.2) is 17.8 Å². The van der Waals surface area contributed by atoms with Gasteiger partial charge in [-0.1, -0.05) is 6.07 Å². The molecule has 0 aliphatic rings. The van der Waals surface area contributed by atoms with E-state index < -0.39 is 10.0 Å². The number of sulfonamides is 1. The van der Waals surface area contributed by atoms with Crippen LogP contribution < -0.4 is 4.72 Å². The fourth-order valence-corrected chi connectivity index (χ4v) is 4.17. The second kappa shape index (κ2) is 6.57. The summed E-state index contributed by atoms with van der Waals surface area (Å²) in [5.74, 6) is 0. The molecule has 9 heteroatoms. The molecule has 120 valence electrons. The maximum Gasteiger partial charge on any atom is 0.240 e. The van der Waals surface area contributed by atoms with E-state index in [-0.39, 0.29) is 10.9 Å². The lowest BCUT2D eigenvalue weighted by Gasteiger charge is -2.14. The van der Waals surface area contributed by atoms with E-state index in [1.807, 2.05) is 23.8 Å². The van der Waals surface area contributed by atoms with Gasteiger partial charge in [0.25, 0.3) is 0 Å². The van der Waals surface area contributed by atoms with E-state index in [2.05, 4.69) is 20.2 Å². The first-order chi connectivity index (χ1) is 11.0. The van der Waals surface area contributed by atoms with Crippen LogP contribution in [0.4, 0.5) is 0 Å². The second-order valence-electron chi connectivity index (χ2n) is 5.11. The summed E-state index contributed by atoms with van der Waals surface area (Å²) in [7, 11) is -3.60. The van der Waals surface area contributed by atoms with Crippen LogP contribution in [0.1, 0.15) is 12.5 Å². The van der Waals surface area contributed by atoms with Gasteiger partial charge in [0.15, 0.2) is 0 Å². The Bertz CT molecular complexity index is 860. The third-order valence-electron chi connectivity index (χ3n) is 3.22. The number of aromatic nitrogens is 4. The number of thiophene rings is 1. The van der Waals surface area contributed by atoms with Gasteiger partial charge in [0.1, 0.15) is 6.33 Å². The van der Waals surface area contributed by atoms with Crippen molar-refractivity contribution >= 4 is 21.4 Å². The summed E-state index contributed by atoms with van der Waals surface area (Å²) in [6, 6.07) is 8.28. The Balaban J connectivity index is 1.78. The minimum absolute atomic E-state index is 0.183. The van der Waals surface area contributed by atoms with Gasteiger partial charge in [0, 0.05) is 6.04 Å². The van der Waals surface area contributed by atoms with Crippen LogP contribution in [0.15, 0.2) is 52.3 Å². The number of rotatable bonds is 6. The number of tetrazole rings is 1. The standard InChI is InChI=1S/C14H15N5O2S2/c1-11(7-12-5-6-22-9-12)16-23(20,21)14-4-2-3-13(8-14)19-10-15-17-18-19/h2-6,8-11,16H,7H2,1H3/t11-/m1/s1. The highest BCUT2D eigenvalue weighted by Gasteiger charge is 2.18. The molecule has 0 bridgehead atoms. The Hall–Kier alpha value is -2.10. The molecule has 23 heavy (non-hydrogen) atoms. The van der Waals surface area contributed by atoms with Crippen molar-refractivity contribution in [1.82, 2.24) is 24.9 Å². The van der Waals surface area contributed by atoms with Crippen LogP contribution in [-0.4, -0.2) is 34.7 Å². The molecule has 2 heterocycles. The SMILES string of the molecule is C[C@H](Cc1ccsc1)NS(=O)(=O)c1cccc(-n2cnnn2)c1. The predicted molar refractivity (Wildman–Crippen MR) is 87.0 cm³/mol. The largest absolute Gasteiger partial charge is 0.240 e. The van der Waals surface area contributed by atoms with Crippen LogP contribution in [0.25, 0.3) is 5.69 Å². The van der Waals surface area contributed by atoms with Crippen LogP contribution in [0.2, 0.25) is 0 Å². The van der Waals surface area contributed by atoms with Crippen molar-refractivity contribution < 1.29 is 8.42 Å². The van der Waals surface area contributed by atoms with Gasteiger partial charge in [0.2, 0.25) is 10.0 Å². The summed E-state index contributed by atoms with van der Waals surface area (Å²) in [4.78, 5) is 0.183. The summed E-state index contributed by atoms with van der Waals surface area (Å²) in [6.07, 6.45) is 2.06. The predicted octanol–water partition coefficient (Wildman–Crippen LogP) is 1.63. The third kappa shape index (κ3) is 3.81. The lowest BCUT2D eigenvalue weighted by molar-refractivity contribution is 0.560. The zero-order chi connectivity index (χ0) is 16.3. The number of hydrogen-bond acceptors (Lipinski definition) is 6. The van der Waals surface area contributed by atoms with Crippen LogP contribution in [0.5, 0.6) is 0 Å². The van der Waals surface area contributed by atoms with Crippen LogP contribution in [0.3, 0.4) is 0 Å². The van der Waals surface area contributed by atoms with E-state index in [1.54, 1.807) is 29.5 Å². The number of benzene rings is 1. The van der Waals surface area contributed by atoms with Crippen LogP contribution in [-0.2, 0) is 16.4 Å². The summed E-state index contributed by atoms with van der Waals surface area (Å²) >= 11 is 1.60. The van der Waals surface area contributed by atoms with E-state index in [4.69, 9.17) is 0 Å². The van der Waals surface area contributed by atoms with Gasteiger partial charge >= 0.3 is 0 Å². The van der Waals surface area contributed by atoms with E-state index in [9.17, 15) is 8.42 Å². The Morgan fingerprint density at radius 2 is 2.22 bits per heavy atom. The minimum Gasteiger partial charge on any atom is -0.208 e. The Labute approximate surface area is 138 Å². The zero-order valence-electron chi connectivity index (χ0n) is 12.3. The molecular formula is C14H15N5O2S2. The second-order valence-corrected chi connectivity index (χ2v) is 7.60. The highest BCUT2D eigenvalue weighted by molar-refractivity contribution is 7.89. The van der Waals surface area contributed by atoms with E-state index in [0.717, 1.165) is 5.56 Å². The Morgan fingerprint density at radius 3 is 2.91 bits per heavy atom. The number of nitrogens with one attached hydrogen (secondary N) is 1. The minimum atomic E-state index is -3.60. The normalized spacial score (nSPS) is 13.1. The maximum atomic E-state index is 12.5. The lowest BCUT2D eigenvalue weighted by atomic mass is 10.1. The molecule has 0 aliphatic carbocycles. The van der Waals surface area contributed by atoms with Gasteiger partial charge in [-0.05, 0) is 64.4 Å². The average molecular weight is 349 g/mol. The van der Waals surface area contributed by atoms with Crippen LogP contribution >= 0.6 is 11.3 Å². The van der Waals surface area contributed by atoms with Crippen molar-refractivity contribution in [2.24, 2.45) is 0 Å². The molecule has 1 N–H and O–H groups in total. The number of hydrogen-bond donors (Lipinski definition) is 1. The quantitative estimate of drug-likeness (QED) is 0.730. The van der Waals surface area contributed by atoms with Gasteiger partial charge in [-0.3, -0.25) is 0 Å². The first-order valence-corrected chi connectivity index (χ1v) is 9.34. The topological polar surface area (TPSA) is 89.8 Å². The molecule has 2 aromatic heterocycles. The van der Waals surface area contributed by atoms with Gasteiger partial charge in [-0.2, -0.15) is 11.3 Å². The van der Waals surface area contributed by atoms with Crippen molar-refractivity contribution in [3.05, 3.63) is 53.0 Å². The molecule has 0 amide bonds. The monoisotopic (exact) mass is 349 g/mol. The molecule has 7 nitrogen and oxygen atoms in total. The van der Waals surface area contributed by atoms with E-state index in [1.165, 1.54) is 17.1 Å². The summed E-state index contributed by atoms with van der Waals surface area (Å²) in [6.45, 7) is 1.85. The van der Waals surface area contributed by atoms with Crippen molar-refractivity contribution in [1.29, 1.82) is 0 Å². The molecule has 0 saturated heterocycles. The number of nitrogens with zero attached hydrogens (tertiary/aromatic N) is 4. The fraction of sp³-hybridized carbons (Fsp3) is 0.214. The molecule has 0 saturated carbocycles. The smallest absolute Gasteiger partial charge is 0.208 e. The first kappa shape index (κ1) is 15.8. The molecule has 1 atom stereocenters. The van der Waals surface area contributed by atoms with Crippen molar-refractivity contribution in [2.75, 3.05) is 0 Å². The summed E-state index contributed by atoms with van der Waals surface area (Å²) in [5, 5.41) is 14.9. The molecule has 0 unspecified atom stereocenters. The maximum absolute atomic E-state index is 12.5. The molecule has 1 aromatic carbocycles. The highest BCUT2D eigenvalue weighted by atomic mass is 32.2. The highest BCUT2D eigenvalue weighted by Crippen LogP contribution is 2.15. The van der Waals surface area contributed by atoms with Gasteiger partial charge in [-0.15, -0.1) is 5.10 Å². The van der Waals surface area contributed by atoms with E-state index in [0.29, 0.717) is 12.1 Å². The molecular weight excluding hydrogens is 334 g/mol. The molecule has 0 fully saturated rings. The Kier molecular flexibility index (Phi) is 4.51. The lowest BCUT2D eigenvalue weighted by Crippen LogP contribution is -2.34. The molecule has 3 aromatic rings. The van der Waals surface area contributed by atoms with Crippen LogP contribution in [0, 0.1) is 0 Å². The first-order valence-electron chi connectivity index (χ1n) is 6.91. The van der Waals surface area contributed by atoms with Gasteiger partial charge in [0.05, 0.1) is 10.6 Å². The zero-order valence-corrected chi connectivity index (χ0v) is 14.0.